The Bertz CT molecular complexity index is 1150. The highest BCUT2D eigenvalue weighted by Gasteiger charge is 2.48. The summed E-state index contributed by atoms with van der Waals surface area (Å²) >= 11 is 0. The Hall–Kier alpha value is -1.42. The largest absolute Gasteiger partial charge is 0.397 e. The maximum Gasteiger partial charge on any atom is 0.397 e. The van der Waals surface area contributed by atoms with Crippen LogP contribution in [0, 0.1) is 0 Å². The molecule has 59 heavy (non-hydrogen) atoms. The summed E-state index contributed by atoms with van der Waals surface area (Å²) in [7, 11) is -5.08. The fraction of sp³-hybridized carbons (Fsp3) is 0.891. The Balaban J connectivity index is 2.52. The van der Waals surface area contributed by atoms with E-state index in [1.807, 2.05) is 6.08 Å². The van der Waals surface area contributed by atoms with E-state index in [0.717, 1.165) is 44.9 Å². The van der Waals surface area contributed by atoms with Crippen molar-refractivity contribution in [2.45, 2.75) is 249 Å². The van der Waals surface area contributed by atoms with E-state index < -0.39 is 59.9 Å². The average molecular weight is 862 g/mol. The van der Waals surface area contributed by atoms with Gasteiger partial charge in [-0.25, -0.2) is 4.18 Å². The molecule has 1 heterocycles. The molecule has 0 radical (unpaired) electrons. The normalized spacial score (nSPS) is 21.1. The zero-order chi connectivity index (χ0) is 43.4. The predicted molar refractivity (Wildman–Crippen MR) is 236 cm³/mol. The molecule has 0 aromatic heterocycles. The van der Waals surface area contributed by atoms with Gasteiger partial charge in [-0.2, -0.15) is 8.42 Å². The summed E-state index contributed by atoms with van der Waals surface area (Å²) in [6.07, 6.45) is 33.5. The molecule has 6 N–H and O–H groups in total. The van der Waals surface area contributed by atoms with Crippen molar-refractivity contribution < 1.29 is 51.8 Å². The lowest BCUT2D eigenvalue weighted by Gasteiger charge is -2.41. The second-order valence-corrected chi connectivity index (χ2v) is 17.7. The van der Waals surface area contributed by atoms with Crippen LogP contribution in [-0.2, 0) is 28.9 Å². The third-order valence-corrected chi connectivity index (χ3v) is 11.7. The standard InChI is InChI=1S/C46H87NO11S/c1-3-5-7-9-11-13-15-17-19-20-22-23-25-27-29-31-33-35-40(49)39(38-56-46-44(52)45(58-59(53,54)55)43(51)41(37-48)57-46)47-42(50)36-34-32-30-28-26-24-21-18-16-14-12-10-8-6-4-2/h14,16,33,35,39-41,43-46,48-49,51-52H,3-13,15,17-32,34,36-38H2,1-2H3,(H,47,50)(H,53,54,55)/b16-14-,35-33+. The molecule has 7 unspecified atom stereocenters. The highest BCUT2D eigenvalue weighted by molar-refractivity contribution is 7.80. The molecular formula is C46H87NO11S. The maximum atomic E-state index is 13.0. The van der Waals surface area contributed by atoms with E-state index >= 15 is 0 Å². The number of rotatable bonds is 40. The zero-order valence-electron chi connectivity index (χ0n) is 37.1. The van der Waals surface area contributed by atoms with Gasteiger partial charge in [0.1, 0.15) is 24.4 Å². The average Bonchev–Trinajstić information content (AvgIpc) is 3.20. The van der Waals surface area contributed by atoms with Crippen LogP contribution in [0.4, 0.5) is 0 Å². The minimum atomic E-state index is -5.08. The molecular weight excluding hydrogens is 775 g/mol. The van der Waals surface area contributed by atoms with E-state index in [1.54, 1.807) is 6.08 Å². The number of hydrogen-bond acceptors (Lipinski definition) is 10. The Morgan fingerprint density at radius 3 is 1.54 bits per heavy atom. The summed E-state index contributed by atoms with van der Waals surface area (Å²) in [6, 6.07) is -0.943. The molecule has 1 fully saturated rings. The molecule has 1 aliphatic heterocycles. The molecule has 0 bridgehead atoms. The minimum absolute atomic E-state index is 0.265. The third kappa shape index (κ3) is 30.3. The molecule has 1 saturated heterocycles. The van der Waals surface area contributed by atoms with Gasteiger partial charge in [0.15, 0.2) is 6.29 Å². The maximum absolute atomic E-state index is 13.0. The fourth-order valence-corrected chi connectivity index (χ4v) is 8.02. The zero-order valence-corrected chi connectivity index (χ0v) is 37.9. The van der Waals surface area contributed by atoms with E-state index in [-0.39, 0.29) is 18.9 Å². The SMILES string of the molecule is CCCCCC/C=C\CCCCCCCCCC(=O)NC(COC1OC(CO)C(O)C(OS(=O)(=O)O)C1O)C(O)/C=C/CCCCCCCCCCCCCCCCC. The van der Waals surface area contributed by atoms with Crippen molar-refractivity contribution >= 4 is 16.3 Å². The summed E-state index contributed by atoms with van der Waals surface area (Å²) in [5.41, 5.74) is 0. The van der Waals surface area contributed by atoms with E-state index in [2.05, 4.69) is 35.5 Å². The monoisotopic (exact) mass is 862 g/mol. The van der Waals surface area contributed by atoms with E-state index in [1.165, 1.54) is 135 Å². The molecule has 0 saturated carbocycles. The number of hydrogen-bond donors (Lipinski definition) is 6. The molecule has 7 atom stereocenters. The number of aliphatic hydroxyl groups is 4. The number of ether oxygens (including phenoxy) is 2. The summed E-state index contributed by atoms with van der Waals surface area (Å²) in [4.78, 5) is 13.0. The minimum Gasteiger partial charge on any atom is -0.394 e. The molecule has 348 valence electrons. The highest BCUT2D eigenvalue weighted by atomic mass is 32.3. The first-order valence-electron chi connectivity index (χ1n) is 23.7. The Labute approximate surface area is 359 Å². The van der Waals surface area contributed by atoms with Crippen LogP contribution < -0.4 is 5.32 Å². The van der Waals surface area contributed by atoms with Crippen molar-refractivity contribution in [2.24, 2.45) is 0 Å². The molecule has 1 rings (SSSR count). The van der Waals surface area contributed by atoms with Gasteiger partial charge < -0.3 is 35.2 Å². The summed E-state index contributed by atoms with van der Waals surface area (Å²) < 4.78 is 47.6. The van der Waals surface area contributed by atoms with Gasteiger partial charge in [-0.15, -0.1) is 0 Å². The summed E-state index contributed by atoms with van der Waals surface area (Å²) in [5, 5.41) is 44.7. The van der Waals surface area contributed by atoms with Gasteiger partial charge in [0.2, 0.25) is 5.91 Å². The van der Waals surface area contributed by atoms with Gasteiger partial charge in [0.05, 0.1) is 25.4 Å². The smallest absolute Gasteiger partial charge is 0.394 e. The lowest BCUT2D eigenvalue weighted by Crippen LogP contribution is -2.61. The molecule has 1 aliphatic rings. The van der Waals surface area contributed by atoms with E-state index in [9.17, 15) is 38.2 Å². The molecule has 0 aliphatic carbocycles. The number of allylic oxidation sites excluding steroid dienone is 3. The topological polar surface area (TPSA) is 192 Å². The second kappa shape index (κ2) is 37.2. The molecule has 13 heteroatoms. The van der Waals surface area contributed by atoms with Crippen molar-refractivity contribution in [3.05, 3.63) is 24.3 Å². The molecule has 12 nitrogen and oxygen atoms in total. The van der Waals surface area contributed by atoms with E-state index in [0.29, 0.717) is 6.42 Å². The number of unbranched alkanes of at least 4 members (excludes halogenated alkanes) is 26. The number of carbonyl (C=O) groups is 1. The summed E-state index contributed by atoms with van der Waals surface area (Å²) in [5.74, 6) is -0.267. The van der Waals surface area contributed by atoms with Crippen LogP contribution in [0.15, 0.2) is 24.3 Å². The Morgan fingerprint density at radius 1 is 0.661 bits per heavy atom. The van der Waals surface area contributed by atoms with Crippen LogP contribution in [0.1, 0.15) is 206 Å². The first kappa shape index (κ1) is 55.6. The van der Waals surface area contributed by atoms with Crippen molar-refractivity contribution in [1.82, 2.24) is 5.32 Å². The van der Waals surface area contributed by atoms with Crippen LogP contribution in [0.2, 0.25) is 0 Å². The number of amides is 1. The van der Waals surface area contributed by atoms with Gasteiger partial charge in [-0.05, 0) is 44.9 Å². The fourth-order valence-electron chi connectivity index (χ4n) is 7.51. The third-order valence-electron chi connectivity index (χ3n) is 11.2. The first-order chi connectivity index (χ1) is 28.5. The summed E-state index contributed by atoms with van der Waals surface area (Å²) in [6.45, 7) is 3.37. The molecule has 0 aromatic rings. The van der Waals surface area contributed by atoms with Crippen LogP contribution in [0.25, 0.3) is 0 Å². The van der Waals surface area contributed by atoms with Gasteiger partial charge in [0.25, 0.3) is 0 Å². The lowest BCUT2D eigenvalue weighted by molar-refractivity contribution is -0.298. The second-order valence-electron chi connectivity index (χ2n) is 16.7. The first-order valence-corrected chi connectivity index (χ1v) is 25.1. The van der Waals surface area contributed by atoms with Crippen LogP contribution in [0.3, 0.4) is 0 Å². The van der Waals surface area contributed by atoms with Crippen LogP contribution in [-0.4, -0.2) is 95.4 Å². The van der Waals surface area contributed by atoms with E-state index in [4.69, 9.17) is 9.47 Å². The van der Waals surface area contributed by atoms with Gasteiger partial charge >= 0.3 is 10.4 Å². The van der Waals surface area contributed by atoms with Crippen molar-refractivity contribution in [2.75, 3.05) is 13.2 Å². The highest BCUT2D eigenvalue weighted by Crippen LogP contribution is 2.26. The number of carbonyl (C=O) groups excluding carboxylic acids is 1. The Morgan fingerprint density at radius 2 is 1.08 bits per heavy atom. The lowest BCUT2D eigenvalue weighted by atomic mass is 9.99. The molecule has 0 aromatic carbocycles. The van der Waals surface area contributed by atoms with Gasteiger partial charge in [-0.3, -0.25) is 9.35 Å². The van der Waals surface area contributed by atoms with Gasteiger partial charge in [-0.1, -0.05) is 179 Å². The quantitative estimate of drug-likeness (QED) is 0.0195. The predicted octanol–water partition coefficient (Wildman–Crippen LogP) is 9.33. The van der Waals surface area contributed by atoms with Crippen molar-refractivity contribution in [3.8, 4) is 0 Å². The van der Waals surface area contributed by atoms with Crippen LogP contribution >= 0.6 is 0 Å². The van der Waals surface area contributed by atoms with Crippen molar-refractivity contribution in [3.63, 3.8) is 0 Å². The Kier molecular flexibility index (Phi) is 35.0. The number of nitrogens with one attached hydrogen (secondary N) is 1. The number of aliphatic hydroxyl groups excluding tert-OH is 4. The van der Waals surface area contributed by atoms with Crippen molar-refractivity contribution in [1.29, 1.82) is 0 Å². The molecule has 1 amide bonds. The van der Waals surface area contributed by atoms with Gasteiger partial charge in [0, 0.05) is 6.42 Å². The molecule has 0 spiro atoms. The van der Waals surface area contributed by atoms with Crippen LogP contribution in [0.5, 0.6) is 0 Å².